The number of amidine groups is 1. The number of imidazole rings is 1. The number of pyridine rings is 1. The summed E-state index contributed by atoms with van der Waals surface area (Å²) in [7, 11) is 4.20. The average molecular weight is 500 g/mol. The third-order valence-electron chi connectivity index (χ3n) is 7.66. The predicted octanol–water partition coefficient (Wildman–Crippen LogP) is 4.48. The number of ether oxygens (including phenoxy) is 1. The van der Waals surface area contributed by atoms with Gasteiger partial charge in [0.1, 0.15) is 30.2 Å². The lowest BCUT2D eigenvalue weighted by Crippen LogP contribution is -2.47. The highest BCUT2D eigenvalue weighted by molar-refractivity contribution is 5.87. The second-order valence-electron chi connectivity index (χ2n) is 11.7. The Labute approximate surface area is 218 Å². The zero-order chi connectivity index (χ0) is 25.7. The van der Waals surface area contributed by atoms with Crippen molar-refractivity contribution < 1.29 is 4.74 Å². The number of aliphatic imine (C=N–C) groups is 1. The summed E-state index contributed by atoms with van der Waals surface area (Å²) in [6.45, 7) is 9.82. The molecule has 0 radical (unpaired) electrons. The number of allylic oxidation sites excluding steroid dienone is 1. The summed E-state index contributed by atoms with van der Waals surface area (Å²) in [5.41, 5.74) is 8.22. The molecular formula is C29H37N7O. The molecule has 3 aliphatic rings. The molecule has 0 amide bonds. The molecular weight excluding hydrogens is 462 g/mol. The van der Waals surface area contributed by atoms with Gasteiger partial charge >= 0.3 is 0 Å². The molecule has 2 N–H and O–H groups in total. The number of aromatic amines is 1. The molecule has 3 aromatic rings. The highest BCUT2D eigenvalue weighted by atomic mass is 16.5. The summed E-state index contributed by atoms with van der Waals surface area (Å²) >= 11 is 0. The summed E-state index contributed by atoms with van der Waals surface area (Å²) in [5, 5.41) is 3.69. The Balaban J connectivity index is 1.34. The van der Waals surface area contributed by atoms with Crippen LogP contribution >= 0.6 is 0 Å². The Morgan fingerprint density at radius 1 is 1.19 bits per heavy atom. The van der Waals surface area contributed by atoms with Crippen molar-refractivity contribution in [3.63, 3.8) is 0 Å². The van der Waals surface area contributed by atoms with E-state index in [0.29, 0.717) is 6.61 Å². The summed E-state index contributed by atoms with van der Waals surface area (Å²) < 4.78 is 6.24. The molecule has 1 atom stereocenters. The minimum Gasteiger partial charge on any atom is -0.492 e. The van der Waals surface area contributed by atoms with Gasteiger partial charge in [-0.1, -0.05) is 19.9 Å². The lowest BCUT2D eigenvalue weighted by Gasteiger charge is -2.42. The Hall–Kier alpha value is -3.23. The van der Waals surface area contributed by atoms with Crippen LogP contribution in [0, 0.1) is 12.3 Å². The van der Waals surface area contributed by atoms with Gasteiger partial charge in [-0.3, -0.25) is 4.90 Å². The largest absolute Gasteiger partial charge is 0.492 e. The Kier molecular flexibility index (Phi) is 6.04. The molecule has 8 nitrogen and oxygen atoms in total. The van der Waals surface area contributed by atoms with Crippen molar-refractivity contribution in [1.29, 1.82) is 0 Å². The van der Waals surface area contributed by atoms with Crippen molar-refractivity contribution in [3.05, 3.63) is 53.1 Å². The van der Waals surface area contributed by atoms with Crippen molar-refractivity contribution in [2.75, 3.05) is 33.8 Å². The van der Waals surface area contributed by atoms with Crippen LogP contribution in [0.5, 0.6) is 5.75 Å². The number of hydrogen-bond acceptors (Lipinski definition) is 7. The minimum atomic E-state index is 0.0370. The van der Waals surface area contributed by atoms with Crippen molar-refractivity contribution in [2.45, 2.75) is 52.7 Å². The van der Waals surface area contributed by atoms with Gasteiger partial charge in [0.15, 0.2) is 5.65 Å². The van der Waals surface area contributed by atoms with Crippen molar-refractivity contribution in [1.82, 2.24) is 30.1 Å². The standard InChI is InChI=1S/C29H37N7O/c1-18-31-24-13-20(15-30-27(24)32-18)19-6-7-25-21(12-19)16-36(10-11-37-25)28-22-14-29(2,3)9-8-23(22)33-26(34-28)17-35(4)5/h6-7,12-13,15,28H,8-11,14,16-17H2,1-5H3,(H,33,34)(H,30,31,32). The van der Waals surface area contributed by atoms with E-state index in [2.05, 4.69) is 82.3 Å². The molecule has 4 heterocycles. The van der Waals surface area contributed by atoms with E-state index in [1.807, 2.05) is 13.1 Å². The third kappa shape index (κ3) is 4.88. The number of H-pyrrole nitrogens is 1. The summed E-state index contributed by atoms with van der Waals surface area (Å²) in [6, 6.07) is 8.62. The first kappa shape index (κ1) is 24.1. The van der Waals surface area contributed by atoms with Gasteiger partial charge in [0.05, 0.1) is 12.1 Å². The lowest BCUT2D eigenvalue weighted by molar-refractivity contribution is 0.173. The van der Waals surface area contributed by atoms with Gasteiger partial charge in [0.2, 0.25) is 0 Å². The quantitative estimate of drug-likeness (QED) is 0.551. The maximum absolute atomic E-state index is 6.24. The van der Waals surface area contributed by atoms with Gasteiger partial charge in [-0.15, -0.1) is 0 Å². The number of likely N-dealkylation sites (N-methyl/N-ethyl adjacent to an activating group) is 1. The van der Waals surface area contributed by atoms with Crippen LogP contribution in [-0.2, 0) is 6.54 Å². The zero-order valence-corrected chi connectivity index (χ0v) is 22.6. The normalized spacial score (nSPS) is 21.7. The monoisotopic (exact) mass is 499 g/mol. The van der Waals surface area contributed by atoms with Gasteiger partial charge in [0, 0.05) is 36.1 Å². The fourth-order valence-electron chi connectivity index (χ4n) is 5.82. The van der Waals surface area contributed by atoms with Crippen LogP contribution in [0.15, 0.2) is 46.7 Å². The molecule has 0 saturated carbocycles. The second-order valence-corrected chi connectivity index (χ2v) is 11.7. The number of benzene rings is 1. The molecule has 0 spiro atoms. The number of rotatable bonds is 4. The molecule has 1 unspecified atom stereocenters. The van der Waals surface area contributed by atoms with E-state index in [1.54, 1.807) is 0 Å². The fourth-order valence-corrected chi connectivity index (χ4v) is 5.82. The maximum Gasteiger partial charge on any atom is 0.177 e. The fraction of sp³-hybridized carbons (Fsp3) is 0.483. The van der Waals surface area contributed by atoms with E-state index >= 15 is 0 Å². The molecule has 0 bridgehead atoms. The summed E-state index contributed by atoms with van der Waals surface area (Å²) in [6.07, 6.45) is 5.29. The molecule has 0 fully saturated rings. The SMILES string of the molecule is Cc1nc2ncc(-c3ccc4c(c3)CN(C3N=C(CN(C)C)NC5=C3CC(C)(C)CC5)CCO4)cc2[nH]1. The van der Waals surface area contributed by atoms with E-state index in [1.165, 1.54) is 23.3 Å². The Morgan fingerprint density at radius 3 is 2.89 bits per heavy atom. The Bertz CT molecular complexity index is 1400. The molecule has 0 saturated heterocycles. The number of nitrogens with one attached hydrogen (secondary N) is 2. The third-order valence-corrected chi connectivity index (χ3v) is 7.66. The van der Waals surface area contributed by atoms with Crippen LogP contribution in [0.2, 0.25) is 0 Å². The molecule has 2 aliphatic heterocycles. The Morgan fingerprint density at radius 2 is 2.05 bits per heavy atom. The first-order chi connectivity index (χ1) is 17.7. The van der Waals surface area contributed by atoms with E-state index in [9.17, 15) is 0 Å². The molecule has 1 aromatic carbocycles. The predicted molar refractivity (Wildman–Crippen MR) is 148 cm³/mol. The highest BCUT2D eigenvalue weighted by Crippen LogP contribution is 2.42. The number of fused-ring (bicyclic) bond motifs is 2. The van der Waals surface area contributed by atoms with Crippen LogP contribution in [0.4, 0.5) is 0 Å². The number of nitrogens with zero attached hydrogens (tertiary/aromatic N) is 5. The molecule has 194 valence electrons. The van der Waals surface area contributed by atoms with Crippen molar-refractivity contribution >= 4 is 17.0 Å². The molecule has 6 rings (SSSR count). The van der Waals surface area contributed by atoms with Gasteiger partial charge in [-0.05, 0) is 75.0 Å². The van der Waals surface area contributed by atoms with Gasteiger partial charge < -0.3 is 19.9 Å². The van der Waals surface area contributed by atoms with Crippen LogP contribution in [-0.4, -0.2) is 70.5 Å². The first-order valence-corrected chi connectivity index (χ1v) is 13.3. The van der Waals surface area contributed by atoms with Crippen LogP contribution in [0.1, 0.15) is 44.5 Å². The number of hydrogen-bond donors (Lipinski definition) is 2. The smallest absolute Gasteiger partial charge is 0.177 e. The van der Waals surface area contributed by atoms with Gasteiger partial charge in [0.25, 0.3) is 0 Å². The maximum atomic E-state index is 6.24. The second kappa shape index (κ2) is 9.26. The summed E-state index contributed by atoms with van der Waals surface area (Å²) in [5.74, 6) is 2.89. The van der Waals surface area contributed by atoms with Gasteiger partial charge in [-0.2, -0.15) is 0 Å². The van der Waals surface area contributed by atoms with Gasteiger partial charge in [-0.25, -0.2) is 15.0 Å². The molecule has 1 aliphatic carbocycles. The van der Waals surface area contributed by atoms with Crippen LogP contribution in [0.3, 0.4) is 0 Å². The summed E-state index contributed by atoms with van der Waals surface area (Å²) in [4.78, 5) is 22.3. The van der Waals surface area contributed by atoms with E-state index in [-0.39, 0.29) is 11.6 Å². The van der Waals surface area contributed by atoms with E-state index in [0.717, 1.165) is 72.2 Å². The first-order valence-electron chi connectivity index (χ1n) is 13.3. The van der Waals surface area contributed by atoms with Crippen LogP contribution < -0.4 is 10.1 Å². The molecule has 2 aromatic heterocycles. The average Bonchev–Trinajstić information content (AvgIpc) is 3.08. The minimum absolute atomic E-state index is 0.0370. The topological polar surface area (TPSA) is 81.7 Å². The van der Waals surface area contributed by atoms with Crippen molar-refractivity contribution in [3.8, 4) is 16.9 Å². The lowest BCUT2D eigenvalue weighted by atomic mass is 9.74. The van der Waals surface area contributed by atoms with Crippen LogP contribution in [0.25, 0.3) is 22.3 Å². The zero-order valence-electron chi connectivity index (χ0n) is 22.6. The number of aryl methyl sites for hydroxylation is 1. The number of aromatic nitrogens is 3. The van der Waals surface area contributed by atoms with E-state index in [4.69, 9.17) is 9.73 Å². The highest BCUT2D eigenvalue weighted by Gasteiger charge is 2.37. The van der Waals surface area contributed by atoms with Crippen molar-refractivity contribution in [2.24, 2.45) is 10.4 Å². The molecule has 8 heteroatoms. The molecule has 37 heavy (non-hydrogen) atoms. The van der Waals surface area contributed by atoms with E-state index < -0.39 is 0 Å².